The molecule has 0 radical (unpaired) electrons. The van der Waals surface area contributed by atoms with E-state index in [0.717, 1.165) is 12.8 Å². The molecule has 1 saturated heterocycles. The second-order valence-corrected chi connectivity index (χ2v) is 7.41. The molecular formula is C15H23NO4S. The summed E-state index contributed by atoms with van der Waals surface area (Å²) >= 11 is 0. The zero-order valence-electron chi connectivity index (χ0n) is 12.3. The van der Waals surface area contributed by atoms with Crippen LogP contribution >= 0.6 is 0 Å². The summed E-state index contributed by atoms with van der Waals surface area (Å²) in [7, 11) is -3.49. The summed E-state index contributed by atoms with van der Waals surface area (Å²) in [5.41, 5.74) is 0.701. The van der Waals surface area contributed by atoms with Crippen LogP contribution in [0, 0.1) is 0 Å². The van der Waals surface area contributed by atoms with E-state index < -0.39 is 16.1 Å². The summed E-state index contributed by atoms with van der Waals surface area (Å²) in [6.45, 7) is 2.28. The molecule has 1 heterocycles. The zero-order valence-corrected chi connectivity index (χ0v) is 13.1. The van der Waals surface area contributed by atoms with Gasteiger partial charge in [0.2, 0.25) is 10.0 Å². The Kier molecular flexibility index (Phi) is 5.37. The predicted octanol–water partition coefficient (Wildman–Crippen LogP) is 1.67. The van der Waals surface area contributed by atoms with Crippen LogP contribution in [0.4, 0.5) is 0 Å². The molecule has 5 nitrogen and oxygen atoms in total. The fourth-order valence-electron chi connectivity index (χ4n) is 2.79. The third-order valence-corrected chi connectivity index (χ3v) is 5.95. The van der Waals surface area contributed by atoms with E-state index in [0.29, 0.717) is 24.9 Å². The normalized spacial score (nSPS) is 21.6. The molecule has 0 bridgehead atoms. The average Bonchev–Trinajstić information content (AvgIpc) is 2.94. The maximum Gasteiger partial charge on any atom is 0.243 e. The highest BCUT2D eigenvalue weighted by atomic mass is 32.2. The van der Waals surface area contributed by atoms with E-state index in [1.165, 1.54) is 0 Å². The van der Waals surface area contributed by atoms with Crippen LogP contribution < -0.4 is 0 Å². The van der Waals surface area contributed by atoms with Crippen molar-refractivity contribution >= 4 is 10.0 Å². The van der Waals surface area contributed by atoms with Crippen LogP contribution in [0.25, 0.3) is 0 Å². The zero-order chi connectivity index (χ0) is 15.5. The van der Waals surface area contributed by atoms with Gasteiger partial charge in [-0.25, -0.2) is 8.42 Å². The number of benzene rings is 1. The quantitative estimate of drug-likeness (QED) is 0.837. The molecule has 2 atom stereocenters. The lowest BCUT2D eigenvalue weighted by Crippen LogP contribution is -2.35. The smallest absolute Gasteiger partial charge is 0.243 e. The van der Waals surface area contributed by atoms with Crippen LogP contribution in [-0.2, 0) is 10.0 Å². The molecule has 118 valence electrons. The molecule has 6 heteroatoms. The Balaban J connectivity index is 2.20. The number of rotatable bonds is 6. The van der Waals surface area contributed by atoms with Crippen LogP contribution in [0.2, 0.25) is 0 Å². The summed E-state index contributed by atoms with van der Waals surface area (Å²) in [6, 6.07) is 6.39. The van der Waals surface area contributed by atoms with Crippen LogP contribution in [0.3, 0.4) is 0 Å². The van der Waals surface area contributed by atoms with Crippen LogP contribution in [0.15, 0.2) is 29.2 Å². The Morgan fingerprint density at radius 1 is 1.33 bits per heavy atom. The Morgan fingerprint density at radius 3 is 2.57 bits per heavy atom. The number of hydrogen-bond donors (Lipinski definition) is 2. The van der Waals surface area contributed by atoms with Gasteiger partial charge in [-0.3, -0.25) is 0 Å². The Bertz CT molecular complexity index is 554. The molecule has 1 aliphatic heterocycles. The first-order valence-corrected chi connectivity index (χ1v) is 8.81. The lowest BCUT2D eigenvalue weighted by molar-refractivity contribution is 0.199. The summed E-state index contributed by atoms with van der Waals surface area (Å²) < 4.78 is 26.9. The highest BCUT2D eigenvalue weighted by Crippen LogP contribution is 2.29. The van der Waals surface area contributed by atoms with Gasteiger partial charge in [0.25, 0.3) is 0 Å². The second-order valence-electron chi connectivity index (χ2n) is 5.52. The summed E-state index contributed by atoms with van der Waals surface area (Å²) in [6.07, 6.45) is 2.43. The van der Waals surface area contributed by atoms with Gasteiger partial charge in [0, 0.05) is 19.2 Å². The minimum Gasteiger partial charge on any atom is -0.396 e. The highest BCUT2D eigenvalue weighted by Gasteiger charge is 2.34. The standard InChI is InChI=1S/C15H23NO4S/c1-12(18)13-6-8-15(9-7-13)21(19,20)16-10-2-4-14(16)5-3-11-17/h6-9,12,14,17-18H,2-5,10-11H2,1H3. The molecule has 0 amide bonds. The van der Waals surface area contributed by atoms with E-state index in [-0.39, 0.29) is 17.5 Å². The third kappa shape index (κ3) is 3.63. The second kappa shape index (κ2) is 6.87. The van der Waals surface area contributed by atoms with Gasteiger partial charge in [0.1, 0.15) is 0 Å². The third-order valence-electron chi connectivity index (χ3n) is 3.99. The van der Waals surface area contributed by atoms with Gasteiger partial charge in [0.05, 0.1) is 11.0 Å². The molecule has 0 aliphatic carbocycles. The number of sulfonamides is 1. The van der Waals surface area contributed by atoms with Crippen LogP contribution in [-0.4, -0.2) is 42.1 Å². The maximum absolute atomic E-state index is 12.7. The van der Waals surface area contributed by atoms with Crippen molar-refractivity contribution < 1.29 is 18.6 Å². The van der Waals surface area contributed by atoms with E-state index in [4.69, 9.17) is 5.11 Å². The summed E-state index contributed by atoms with van der Waals surface area (Å²) in [4.78, 5) is 0.266. The molecular weight excluding hydrogens is 290 g/mol. The first kappa shape index (κ1) is 16.4. The van der Waals surface area contributed by atoms with E-state index in [9.17, 15) is 13.5 Å². The van der Waals surface area contributed by atoms with Crippen LogP contribution in [0.1, 0.15) is 44.3 Å². The molecule has 1 aromatic rings. The largest absolute Gasteiger partial charge is 0.396 e. The van der Waals surface area contributed by atoms with Gasteiger partial charge >= 0.3 is 0 Å². The van der Waals surface area contributed by atoms with Crippen molar-refractivity contribution in [2.75, 3.05) is 13.2 Å². The van der Waals surface area contributed by atoms with Crippen molar-refractivity contribution in [3.05, 3.63) is 29.8 Å². The molecule has 0 spiro atoms. The molecule has 2 N–H and O–H groups in total. The molecule has 2 unspecified atom stereocenters. The molecule has 1 aliphatic rings. The monoisotopic (exact) mass is 313 g/mol. The fraction of sp³-hybridized carbons (Fsp3) is 0.600. The van der Waals surface area contributed by atoms with Crippen molar-refractivity contribution in [3.63, 3.8) is 0 Å². The van der Waals surface area contributed by atoms with E-state index in [2.05, 4.69) is 0 Å². The first-order chi connectivity index (χ1) is 9.96. The minimum absolute atomic E-state index is 0.0152. The van der Waals surface area contributed by atoms with Gasteiger partial charge in [-0.15, -0.1) is 0 Å². The number of aliphatic hydroxyl groups is 2. The Hall–Kier alpha value is -0.950. The van der Waals surface area contributed by atoms with Gasteiger partial charge < -0.3 is 10.2 Å². The molecule has 1 aromatic carbocycles. The molecule has 0 aromatic heterocycles. The van der Waals surface area contributed by atoms with Gasteiger partial charge in [0.15, 0.2) is 0 Å². The SMILES string of the molecule is CC(O)c1ccc(S(=O)(=O)N2CCCC2CCCO)cc1. The summed E-state index contributed by atoms with van der Waals surface area (Å²) in [5, 5.41) is 18.4. The van der Waals surface area contributed by atoms with Gasteiger partial charge in [-0.05, 0) is 50.3 Å². The van der Waals surface area contributed by atoms with E-state index >= 15 is 0 Å². The van der Waals surface area contributed by atoms with Crippen molar-refractivity contribution in [1.82, 2.24) is 4.31 Å². The Morgan fingerprint density at radius 2 is 2.00 bits per heavy atom. The average molecular weight is 313 g/mol. The minimum atomic E-state index is -3.49. The molecule has 1 fully saturated rings. The lowest BCUT2D eigenvalue weighted by Gasteiger charge is -2.24. The molecule has 0 saturated carbocycles. The van der Waals surface area contributed by atoms with E-state index in [1.54, 1.807) is 35.5 Å². The summed E-state index contributed by atoms with van der Waals surface area (Å²) in [5.74, 6) is 0. The van der Waals surface area contributed by atoms with Crippen LogP contribution in [0.5, 0.6) is 0 Å². The van der Waals surface area contributed by atoms with Crippen molar-refractivity contribution in [3.8, 4) is 0 Å². The van der Waals surface area contributed by atoms with Crippen molar-refractivity contribution in [1.29, 1.82) is 0 Å². The fourth-order valence-corrected chi connectivity index (χ4v) is 4.52. The van der Waals surface area contributed by atoms with Crippen molar-refractivity contribution in [2.45, 2.75) is 49.6 Å². The number of nitrogens with zero attached hydrogens (tertiary/aromatic N) is 1. The maximum atomic E-state index is 12.7. The number of hydrogen-bond acceptors (Lipinski definition) is 4. The van der Waals surface area contributed by atoms with Crippen molar-refractivity contribution in [2.24, 2.45) is 0 Å². The predicted molar refractivity (Wildman–Crippen MR) is 80.3 cm³/mol. The first-order valence-electron chi connectivity index (χ1n) is 7.37. The van der Waals surface area contributed by atoms with Gasteiger partial charge in [-0.2, -0.15) is 4.31 Å². The highest BCUT2D eigenvalue weighted by molar-refractivity contribution is 7.89. The number of aliphatic hydroxyl groups excluding tert-OH is 2. The lowest BCUT2D eigenvalue weighted by atomic mass is 10.1. The van der Waals surface area contributed by atoms with E-state index in [1.807, 2.05) is 0 Å². The van der Waals surface area contributed by atoms with Gasteiger partial charge in [-0.1, -0.05) is 12.1 Å². The molecule has 2 rings (SSSR count). The Labute approximate surface area is 126 Å². The topological polar surface area (TPSA) is 77.8 Å². The molecule has 21 heavy (non-hydrogen) atoms.